The van der Waals surface area contributed by atoms with Gasteiger partial charge in [0.15, 0.2) is 5.75 Å². The fraction of sp³-hybridized carbons (Fsp3) is 0.722. The van der Waals surface area contributed by atoms with E-state index in [0.29, 0.717) is 35.7 Å². The van der Waals surface area contributed by atoms with Gasteiger partial charge in [-0.1, -0.05) is 83.4 Å². The second-order valence-corrected chi connectivity index (χ2v) is 13.0. The third-order valence-corrected chi connectivity index (χ3v) is 10.2. The van der Waals surface area contributed by atoms with Gasteiger partial charge in [0, 0.05) is 18.3 Å². The highest BCUT2D eigenvalue weighted by Gasteiger charge is 2.54. The van der Waals surface area contributed by atoms with Gasteiger partial charge in [0.05, 0.1) is 0 Å². The Kier molecular flexibility index (Phi) is 14.4. The van der Waals surface area contributed by atoms with Gasteiger partial charge < -0.3 is 9.99 Å². The van der Waals surface area contributed by atoms with Crippen LogP contribution in [0.5, 0.6) is 5.75 Å². The van der Waals surface area contributed by atoms with Gasteiger partial charge in [-0.3, -0.25) is 9.59 Å². The van der Waals surface area contributed by atoms with Gasteiger partial charge in [0.25, 0.3) is 0 Å². The summed E-state index contributed by atoms with van der Waals surface area (Å²) in [5.74, 6) is 2.19. The van der Waals surface area contributed by atoms with Crippen molar-refractivity contribution in [1.29, 1.82) is 0 Å². The van der Waals surface area contributed by atoms with Crippen molar-refractivity contribution in [2.24, 2.45) is 17.3 Å². The number of benzene rings is 1. The summed E-state index contributed by atoms with van der Waals surface area (Å²) in [5.41, 5.74) is 2.69. The zero-order valence-corrected chi connectivity index (χ0v) is 25.9. The first kappa shape index (κ1) is 33.4. The van der Waals surface area contributed by atoms with Gasteiger partial charge in [-0.05, 0) is 105 Å². The van der Waals surface area contributed by atoms with Crippen molar-refractivity contribution >= 4 is 11.8 Å². The standard InChI is InChI=1S/C18H22O3.C18H34O2/c1-18-9-8-14-13-5-3-12(21-20)10-11(13)2-4-15(14)16(18)6-7-17(18)19;1-2-3-4-5-6-7-8-9-10-11-12-13-14-15-16-17-18(19)20/h3,5,10,14-16,20H,2,4,6-9H2,1H3;9-10H,2-8,11-17H2,1H3,(H,19,20)/b;10-9-/t14-,15-,16+,18+;/m1./s1. The van der Waals surface area contributed by atoms with Gasteiger partial charge in [-0.25, -0.2) is 5.26 Å². The van der Waals surface area contributed by atoms with Crippen LogP contribution in [0.3, 0.4) is 0 Å². The van der Waals surface area contributed by atoms with Crippen LogP contribution in [-0.2, 0) is 16.0 Å². The minimum Gasteiger partial charge on any atom is -0.481 e. The number of rotatable bonds is 16. The van der Waals surface area contributed by atoms with E-state index in [1.165, 1.54) is 88.2 Å². The minimum atomic E-state index is -0.664. The summed E-state index contributed by atoms with van der Waals surface area (Å²) in [5, 5.41) is 17.3. The highest BCUT2D eigenvalue weighted by molar-refractivity contribution is 5.87. The van der Waals surface area contributed by atoms with Gasteiger partial charge in [0.1, 0.15) is 5.78 Å². The lowest BCUT2D eigenvalue weighted by Crippen LogP contribution is -2.42. The molecule has 0 heterocycles. The number of carboxylic acid groups (broad SMARTS) is 1. The maximum atomic E-state index is 12.3. The third-order valence-electron chi connectivity index (χ3n) is 10.2. The lowest BCUT2D eigenvalue weighted by Gasteiger charge is -2.48. The topological polar surface area (TPSA) is 83.8 Å². The fourth-order valence-corrected chi connectivity index (χ4v) is 7.73. The quantitative estimate of drug-likeness (QED) is 0.0897. The maximum Gasteiger partial charge on any atom is 0.303 e. The Labute approximate surface area is 249 Å². The molecule has 5 heteroatoms. The van der Waals surface area contributed by atoms with Crippen LogP contribution in [0.4, 0.5) is 0 Å². The average Bonchev–Trinajstić information content (AvgIpc) is 3.28. The summed E-state index contributed by atoms with van der Waals surface area (Å²) < 4.78 is 0. The number of unbranched alkanes of at least 4 members (excludes halogenated alkanes) is 11. The summed E-state index contributed by atoms with van der Waals surface area (Å²) in [6.07, 6.45) is 27.5. The number of aliphatic carboxylic acids is 1. The number of hydrogen-bond acceptors (Lipinski definition) is 4. The van der Waals surface area contributed by atoms with Crippen LogP contribution < -0.4 is 4.89 Å². The average molecular weight is 569 g/mol. The summed E-state index contributed by atoms with van der Waals surface area (Å²) in [6.45, 7) is 4.47. The molecule has 1 aromatic rings. The first-order chi connectivity index (χ1) is 19.9. The van der Waals surface area contributed by atoms with Crippen molar-refractivity contribution in [1.82, 2.24) is 0 Å². The van der Waals surface area contributed by atoms with Crippen LogP contribution in [-0.4, -0.2) is 22.1 Å². The predicted octanol–water partition coefficient (Wildman–Crippen LogP) is 10.1. The molecule has 0 saturated heterocycles. The predicted molar refractivity (Wildman–Crippen MR) is 166 cm³/mol. The Bertz CT molecular complexity index is 969. The van der Waals surface area contributed by atoms with Crippen molar-refractivity contribution in [3.05, 3.63) is 41.5 Å². The molecule has 0 bridgehead atoms. The van der Waals surface area contributed by atoms with Crippen LogP contribution in [0.2, 0.25) is 0 Å². The van der Waals surface area contributed by atoms with Gasteiger partial charge in [0.2, 0.25) is 0 Å². The van der Waals surface area contributed by atoms with E-state index in [-0.39, 0.29) is 5.41 Å². The van der Waals surface area contributed by atoms with E-state index < -0.39 is 5.97 Å². The van der Waals surface area contributed by atoms with E-state index in [2.05, 4.69) is 37.0 Å². The number of carbonyl (C=O) groups is 2. The van der Waals surface area contributed by atoms with Crippen LogP contribution in [0.1, 0.15) is 153 Å². The first-order valence-electron chi connectivity index (χ1n) is 16.7. The number of carboxylic acids is 1. The molecule has 1 aromatic carbocycles. The molecular weight excluding hydrogens is 512 g/mol. The third kappa shape index (κ3) is 9.98. The van der Waals surface area contributed by atoms with Crippen LogP contribution in [0, 0.1) is 17.3 Å². The van der Waals surface area contributed by atoms with E-state index in [1.807, 2.05) is 12.1 Å². The largest absolute Gasteiger partial charge is 0.481 e. The second-order valence-electron chi connectivity index (χ2n) is 13.0. The van der Waals surface area contributed by atoms with Crippen molar-refractivity contribution in [3.8, 4) is 5.75 Å². The smallest absolute Gasteiger partial charge is 0.303 e. The Morgan fingerprint density at radius 3 is 2.24 bits per heavy atom. The summed E-state index contributed by atoms with van der Waals surface area (Å²) >= 11 is 0. The fourth-order valence-electron chi connectivity index (χ4n) is 7.73. The molecule has 4 rings (SSSR count). The van der Waals surface area contributed by atoms with E-state index in [9.17, 15) is 9.59 Å². The second kappa shape index (κ2) is 17.7. The van der Waals surface area contributed by atoms with Gasteiger partial charge >= 0.3 is 5.97 Å². The molecule has 0 aromatic heterocycles. The number of Topliss-reactive ketones (excluding diaryl/α,β-unsaturated/α-hetero) is 1. The van der Waals surface area contributed by atoms with E-state index in [4.69, 9.17) is 10.4 Å². The zero-order chi connectivity index (χ0) is 29.5. The van der Waals surface area contributed by atoms with Crippen molar-refractivity contribution < 1.29 is 24.8 Å². The van der Waals surface area contributed by atoms with Crippen LogP contribution >= 0.6 is 0 Å². The first-order valence-corrected chi connectivity index (χ1v) is 16.7. The van der Waals surface area contributed by atoms with Crippen LogP contribution in [0.15, 0.2) is 30.4 Å². The molecule has 230 valence electrons. The molecule has 0 spiro atoms. The maximum absolute atomic E-state index is 12.3. The molecule has 2 fully saturated rings. The molecule has 3 aliphatic rings. The Morgan fingerprint density at radius 1 is 0.927 bits per heavy atom. The Balaban J connectivity index is 0.000000226. The van der Waals surface area contributed by atoms with E-state index in [0.717, 1.165) is 44.9 Å². The molecule has 41 heavy (non-hydrogen) atoms. The van der Waals surface area contributed by atoms with Crippen LogP contribution in [0.25, 0.3) is 0 Å². The van der Waals surface area contributed by atoms with Gasteiger partial charge in [-0.15, -0.1) is 0 Å². The van der Waals surface area contributed by atoms with Crippen molar-refractivity contribution in [3.63, 3.8) is 0 Å². The van der Waals surface area contributed by atoms with E-state index in [1.54, 1.807) is 0 Å². The van der Waals surface area contributed by atoms with E-state index >= 15 is 0 Å². The SMILES string of the molecule is CCCCCCCC/C=C\CCCCCCCC(=O)O.C[C@]12CC[C@@H]3c4ccc(OO)cc4CC[C@H]3[C@@H]1CCC2=O. The molecule has 4 atom stereocenters. The number of fused-ring (bicyclic) bond motifs is 5. The molecular formula is C36H56O5. The number of aryl methyl sites for hydroxylation is 1. The lowest BCUT2D eigenvalue weighted by atomic mass is 9.55. The number of carbonyl (C=O) groups excluding carboxylic acids is 1. The number of hydrogen-bond donors (Lipinski definition) is 2. The number of allylic oxidation sites excluding steroid dienone is 2. The van der Waals surface area contributed by atoms with Crippen molar-refractivity contribution in [2.75, 3.05) is 0 Å². The molecule has 2 N–H and O–H groups in total. The summed E-state index contributed by atoms with van der Waals surface area (Å²) in [7, 11) is 0. The van der Waals surface area contributed by atoms with Crippen molar-refractivity contribution in [2.45, 2.75) is 148 Å². The van der Waals surface area contributed by atoms with Gasteiger partial charge in [-0.2, -0.15) is 0 Å². The minimum absolute atomic E-state index is 0.0488. The zero-order valence-electron chi connectivity index (χ0n) is 25.9. The highest BCUT2D eigenvalue weighted by Crippen LogP contribution is 2.59. The lowest BCUT2D eigenvalue weighted by molar-refractivity contribution is -0.137. The molecule has 0 radical (unpaired) electrons. The molecule has 0 unspecified atom stereocenters. The molecule has 2 saturated carbocycles. The summed E-state index contributed by atoms with van der Waals surface area (Å²) in [6, 6.07) is 5.95. The molecule has 5 nitrogen and oxygen atoms in total. The molecule has 0 aliphatic heterocycles. The Morgan fingerprint density at radius 2 is 1.59 bits per heavy atom. The summed E-state index contributed by atoms with van der Waals surface area (Å²) in [4.78, 5) is 27.0. The molecule has 3 aliphatic carbocycles. The normalized spacial score (nSPS) is 24.8. The molecule has 0 amide bonds. The monoisotopic (exact) mass is 568 g/mol. The Hall–Kier alpha value is -2.14. The number of ketones is 1. The highest BCUT2D eigenvalue weighted by atomic mass is 17.1.